The predicted octanol–water partition coefficient (Wildman–Crippen LogP) is 4.47. The molecule has 0 fully saturated rings. The monoisotopic (exact) mass is 330 g/mol. The highest BCUT2D eigenvalue weighted by molar-refractivity contribution is 9.11. The summed E-state index contributed by atoms with van der Waals surface area (Å²) in [6, 6.07) is 3.77. The zero-order chi connectivity index (χ0) is 9.14. The van der Waals surface area contributed by atoms with Gasteiger partial charge in [-0.3, -0.25) is 0 Å². The summed E-state index contributed by atoms with van der Waals surface area (Å²) in [7, 11) is 8.41. The summed E-state index contributed by atoms with van der Waals surface area (Å²) in [4.78, 5) is 0.941. The van der Waals surface area contributed by atoms with Crippen LogP contribution in [0.2, 0.25) is 0 Å². The van der Waals surface area contributed by atoms with Crippen molar-refractivity contribution in [3.05, 3.63) is 21.1 Å². The molecule has 0 unspecified atom stereocenters. The van der Waals surface area contributed by atoms with Crippen LogP contribution in [-0.2, 0) is 0 Å². The first-order valence-electron chi connectivity index (χ1n) is 3.00. The highest BCUT2D eigenvalue weighted by atomic mass is 79.9. The van der Waals surface area contributed by atoms with Crippen molar-refractivity contribution in [2.75, 3.05) is 7.11 Å². The molecular formula is C7H5Br2ClOS. The third-order valence-corrected chi connectivity index (χ3v) is 3.83. The maximum atomic E-state index is 5.63. The van der Waals surface area contributed by atoms with Gasteiger partial charge in [-0.05, 0) is 65.7 Å². The maximum absolute atomic E-state index is 5.63. The lowest BCUT2D eigenvalue weighted by Gasteiger charge is -2.05. The normalized spacial score (nSPS) is 10.0. The number of halogens is 3. The standard InChI is InChI=1S/C7H5Br2ClOS/c1-11-6-3-7(12-10)5(9)2-4(6)8/h2-3H,1H3. The molecule has 1 rings (SSSR count). The zero-order valence-corrected chi connectivity index (χ0v) is 10.8. The van der Waals surface area contributed by atoms with Gasteiger partial charge in [-0.15, -0.1) is 0 Å². The van der Waals surface area contributed by atoms with Crippen molar-refractivity contribution >= 4 is 53.5 Å². The fourth-order valence-corrected chi connectivity index (χ4v) is 3.07. The molecule has 0 aromatic heterocycles. The van der Waals surface area contributed by atoms with Gasteiger partial charge in [0.15, 0.2) is 0 Å². The van der Waals surface area contributed by atoms with Crippen LogP contribution in [0.4, 0.5) is 0 Å². The first-order valence-corrected chi connectivity index (χ1v) is 6.23. The van der Waals surface area contributed by atoms with Crippen LogP contribution in [0.3, 0.4) is 0 Å². The maximum Gasteiger partial charge on any atom is 0.134 e. The van der Waals surface area contributed by atoms with Gasteiger partial charge in [0.1, 0.15) is 5.75 Å². The smallest absolute Gasteiger partial charge is 0.134 e. The van der Waals surface area contributed by atoms with Gasteiger partial charge in [0.2, 0.25) is 0 Å². The van der Waals surface area contributed by atoms with Crippen LogP contribution in [0.15, 0.2) is 26.0 Å². The number of methoxy groups -OCH3 is 1. The summed E-state index contributed by atoms with van der Waals surface area (Å²) >= 11 is 6.74. The van der Waals surface area contributed by atoms with E-state index in [0.29, 0.717) is 0 Å². The van der Waals surface area contributed by atoms with Crippen LogP contribution >= 0.6 is 53.5 Å². The molecule has 0 aliphatic heterocycles. The SMILES string of the molecule is COc1cc(SCl)c(Br)cc1Br. The average Bonchev–Trinajstić information content (AvgIpc) is 2.05. The van der Waals surface area contributed by atoms with Crippen LogP contribution in [-0.4, -0.2) is 7.11 Å². The molecule has 1 aromatic carbocycles. The summed E-state index contributed by atoms with van der Waals surface area (Å²) in [6.07, 6.45) is 0. The predicted molar refractivity (Wildman–Crippen MR) is 60.1 cm³/mol. The van der Waals surface area contributed by atoms with Crippen molar-refractivity contribution in [1.82, 2.24) is 0 Å². The highest BCUT2D eigenvalue weighted by Gasteiger charge is 2.06. The second-order valence-electron chi connectivity index (χ2n) is 1.99. The van der Waals surface area contributed by atoms with E-state index >= 15 is 0 Å². The van der Waals surface area contributed by atoms with Gasteiger partial charge in [0.05, 0.1) is 11.6 Å². The van der Waals surface area contributed by atoms with E-state index in [0.717, 1.165) is 30.6 Å². The van der Waals surface area contributed by atoms with Crippen LogP contribution in [0.5, 0.6) is 5.75 Å². The van der Waals surface area contributed by atoms with Crippen molar-refractivity contribution in [1.29, 1.82) is 0 Å². The van der Waals surface area contributed by atoms with Gasteiger partial charge in [0, 0.05) is 9.37 Å². The van der Waals surface area contributed by atoms with Gasteiger partial charge < -0.3 is 4.74 Å². The Morgan fingerprint density at radius 3 is 2.50 bits per heavy atom. The summed E-state index contributed by atoms with van der Waals surface area (Å²) in [6.45, 7) is 0. The van der Waals surface area contributed by atoms with Gasteiger partial charge in [-0.1, -0.05) is 0 Å². The summed E-state index contributed by atoms with van der Waals surface area (Å²) in [5.41, 5.74) is 0. The molecule has 1 aromatic rings. The number of hydrogen-bond acceptors (Lipinski definition) is 2. The second-order valence-corrected chi connectivity index (χ2v) is 4.76. The number of benzene rings is 1. The van der Waals surface area contributed by atoms with Crippen molar-refractivity contribution in [3.8, 4) is 5.75 Å². The van der Waals surface area contributed by atoms with E-state index in [-0.39, 0.29) is 0 Å². The molecule has 0 atom stereocenters. The minimum absolute atomic E-state index is 0.779. The molecule has 66 valence electrons. The van der Waals surface area contributed by atoms with Crippen molar-refractivity contribution in [2.24, 2.45) is 0 Å². The molecule has 0 radical (unpaired) electrons. The van der Waals surface area contributed by atoms with Crippen molar-refractivity contribution < 1.29 is 4.74 Å². The Balaban J connectivity index is 3.18. The average molecular weight is 332 g/mol. The number of ether oxygens (including phenoxy) is 1. The molecule has 5 heteroatoms. The summed E-state index contributed by atoms with van der Waals surface area (Å²) in [5.74, 6) is 0.779. The Labute approximate surface area is 96.6 Å². The minimum Gasteiger partial charge on any atom is -0.496 e. The lowest BCUT2D eigenvalue weighted by Crippen LogP contribution is -1.85. The van der Waals surface area contributed by atoms with E-state index in [2.05, 4.69) is 31.9 Å². The fourth-order valence-electron chi connectivity index (χ4n) is 0.726. The van der Waals surface area contributed by atoms with Crippen LogP contribution in [0.1, 0.15) is 0 Å². The Kier molecular flexibility index (Phi) is 4.23. The molecule has 0 bridgehead atoms. The lowest BCUT2D eigenvalue weighted by molar-refractivity contribution is 0.411. The second kappa shape index (κ2) is 4.74. The van der Waals surface area contributed by atoms with E-state index in [1.54, 1.807) is 7.11 Å². The molecule has 0 heterocycles. The van der Waals surface area contributed by atoms with Crippen LogP contribution < -0.4 is 4.74 Å². The third-order valence-electron chi connectivity index (χ3n) is 1.29. The lowest BCUT2D eigenvalue weighted by atomic mass is 10.3. The quantitative estimate of drug-likeness (QED) is 0.790. The third kappa shape index (κ3) is 2.31. The number of hydrogen-bond donors (Lipinski definition) is 0. The zero-order valence-electron chi connectivity index (χ0n) is 6.11. The molecular weight excluding hydrogens is 327 g/mol. The Morgan fingerprint density at radius 1 is 1.33 bits per heavy atom. The summed E-state index contributed by atoms with van der Waals surface area (Å²) < 4.78 is 6.97. The molecule has 0 spiro atoms. The molecule has 0 aliphatic rings. The molecule has 0 amide bonds. The van der Waals surface area contributed by atoms with E-state index in [1.807, 2.05) is 12.1 Å². The van der Waals surface area contributed by atoms with Gasteiger partial charge >= 0.3 is 0 Å². The van der Waals surface area contributed by atoms with Crippen molar-refractivity contribution in [2.45, 2.75) is 4.90 Å². The molecule has 1 nitrogen and oxygen atoms in total. The molecule has 0 N–H and O–H groups in total. The Hall–Kier alpha value is 0.620. The topological polar surface area (TPSA) is 9.23 Å². The van der Waals surface area contributed by atoms with Gasteiger partial charge in [-0.25, -0.2) is 0 Å². The molecule has 0 saturated heterocycles. The highest BCUT2D eigenvalue weighted by Crippen LogP contribution is 2.37. The van der Waals surface area contributed by atoms with Crippen LogP contribution in [0, 0.1) is 0 Å². The van der Waals surface area contributed by atoms with Crippen LogP contribution in [0.25, 0.3) is 0 Å². The number of rotatable bonds is 2. The van der Waals surface area contributed by atoms with Crippen molar-refractivity contribution in [3.63, 3.8) is 0 Å². The summed E-state index contributed by atoms with van der Waals surface area (Å²) in [5, 5.41) is 0. The van der Waals surface area contributed by atoms with E-state index in [9.17, 15) is 0 Å². The molecule has 0 aliphatic carbocycles. The van der Waals surface area contributed by atoms with E-state index in [4.69, 9.17) is 15.4 Å². The first kappa shape index (κ1) is 10.7. The first-order chi connectivity index (χ1) is 5.69. The molecule has 12 heavy (non-hydrogen) atoms. The Morgan fingerprint density at radius 2 is 2.00 bits per heavy atom. The van der Waals surface area contributed by atoms with Gasteiger partial charge in [-0.2, -0.15) is 0 Å². The van der Waals surface area contributed by atoms with Gasteiger partial charge in [0.25, 0.3) is 0 Å². The Bertz CT molecular complexity index is 268. The van der Waals surface area contributed by atoms with E-state index in [1.165, 1.54) is 0 Å². The fraction of sp³-hybridized carbons (Fsp3) is 0.143. The largest absolute Gasteiger partial charge is 0.496 e. The molecule has 0 saturated carbocycles. The minimum atomic E-state index is 0.779. The van der Waals surface area contributed by atoms with E-state index < -0.39 is 0 Å².